The third-order valence-corrected chi connectivity index (χ3v) is 4.24. The molecule has 0 aliphatic carbocycles. The number of methoxy groups -OCH3 is 1. The maximum absolute atomic E-state index is 12.4. The summed E-state index contributed by atoms with van der Waals surface area (Å²) in [5, 5.41) is 2.93. The van der Waals surface area contributed by atoms with Crippen LogP contribution in [0.1, 0.15) is 27.0 Å². The molecule has 0 saturated carbocycles. The molecule has 27 heavy (non-hydrogen) atoms. The van der Waals surface area contributed by atoms with E-state index in [1.165, 1.54) is 5.56 Å². The molecule has 3 aromatic carbocycles. The van der Waals surface area contributed by atoms with Gasteiger partial charge in [0.15, 0.2) is 11.5 Å². The summed E-state index contributed by atoms with van der Waals surface area (Å²) in [6, 6.07) is 23.2. The van der Waals surface area contributed by atoms with Gasteiger partial charge in [-0.2, -0.15) is 0 Å². The summed E-state index contributed by atoms with van der Waals surface area (Å²) < 4.78 is 11.2. The predicted molar refractivity (Wildman–Crippen MR) is 106 cm³/mol. The van der Waals surface area contributed by atoms with Gasteiger partial charge in [-0.3, -0.25) is 4.79 Å². The van der Waals surface area contributed by atoms with Gasteiger partial charge in [-0.15, -0.1) is 0 Å². The molecule has 138 valence electrons. The topological polar surface area (TPSA) is 47.6 Å². The largest absolute Gasteiger partial charge is 0.493 e. The highest BCUT2D eigenvalue weighted by molar-refractivity contribution is 5.94. The van der Waals surface area contributed by atoms with E-state index in [9.17, 15) is 4.79 Å². The number of hydrogen-bond donors (Lipinski definition) is 1. The summed E-state index contributed by atoms with van der Waals surface area (Å²) in [7, 11) is 1.57. The normalized spacial score (nSPS) is 10.3. The summed E-state index contributed by atoms with van der Waals surface area (Å²) in [5.74, 6) is 0.994. The van der Waals surface area contributed by atoms with Gasteiger partial charge in [-0.1, -0.05) is 60.2 Å². The first-order valence-electron chi connectivity index (χ1n) is 8.84. The Morgan fingerprint density at radius 2 is 1.63 bits per heavy atom. The minimum atomic E-state index is -0.150. The van der Waals surface area contributed by atoms with E-state index in [4.69, 9.17) is 9.47 Å². The van der Waals surface area contributed by atoms with Crippen LogP contribution in [0.3, 0.4) is 0 Å². The molecule has 4 heteroatoms. The number of carbonyl (C=O) groups is 1. The fourth-order valence-corrected chi connectivity index (χ4v) is 2.65. The fraction of sp³-hybridized carbons (Fsp3) is 0.174. The SMILES string of the molecule is COc1cc(C(=O)NCc2ccc(C)cc2)ccc1OCc1ccccc1. The summed E-state index contributed by atoms with van der Waals surface area (Å²) in [6.45, 7) is 2.96. The molecule has 3 rings (SSSR count). The number of amides is 1. The zero-order valence-electron chi connectivity index (χ0n) is 15.6. The van der Waals surface area contributed by atoms with Crippen LogP contribution in [0, 0.1) is 6.92 Å². The highest BCUT2D eigenvalue weighted by Gasteiger charge is 2.11. The molecule has 0 fully saturated rings. The molecule has 0 radical (unpaired) electrons. The number of ether oxygens (including phenoxy) is 2. The van der Waals surface area contributed by atoms with Crippen LogP contribution in [0.2, 0.25) is 0 Å². The van der Waals surface area contributed by atoms with Gasteiger partial charge >= 0.3 is 0 Å². The van der Waals surface area contributed by atoms with Crippen molar-refractivity contribution in [3.05, 3.63) is 95.1 Å². The summed E-state index contributed by atoms with van der Waals surface area (Å²) in [4.78, 5) is 12.4. The van der Waals surface area contributed by atoms with E-state index in [1.54, 1.807) is 25.3 Å². The highest BCUT2D eigenvalue weighted by atomic mass is 16.5. The van der Waals surface area contributed by atoms with Crippen LogP contribution in [-0.4, -0.2) is 13.0 Å². The molecule has 4 nitrogen and oxygen atoms in total. The van der Waals surface area contributed by atoms with Crippen molar-refractivity contribution < 1.29 is 14.3 Å². The Labute approximate surface area is 159 Å². The van der Waals surface area contributed by atoms with E-state index < -0.39 is 0 Å². The van der Waals surface area contributed by atoms with Gasteiger partial charge in [0, 0.05) is 12.1 Å². The number of hydrogen-bond acceptors (Lipinski definition) is 3. The zero-order chi connectivity index (χ0) is 19.1. The second-order valence-electron chi connectivity index (χ2n) is 6.31. The lowest BCUT2D eigenvalue weighted by Crippen LogP contribution is -2.22. The van der Waals surface area contributed by atoms with Crippen molar-refractivity contribution in [2.75, 3.05) is 7.11 Å². The Kier molecular flexibility index (Phi) is 6.10. The van der Waals surface area contributed by atoms with Crippen LogP contribution in [-0.2, 0) is 13.2 Å². The van der Waals surface area contributed by atoms with E-state index in [0.29, 0.717) is 30.2 Å². The number of aryl methyl sites for hydroxylation is 1. The molecule has 0 spiro atoms. The first-order chi connectivity index (χ1) is 13.2. The van der Waals surface area contributed by atoms with Crippen molar-refractivity contribution >= 4 is 5.91 Å². The molecule has 0 heterocycles. The molecule has 0 unspecified atom stereocenters. The minimum absolute atomic E-state index is 0.150. The molecule has 3 aromatic rings. The van der Waals surface area contributed by atoms with Crippen LogP contribution in [0.15, 0.2) is 72.8 Å². The number of benzene rings is 3. The van der Waals surface area contributed by atoms with E-state index in [0.717, 1.165) is 11.1 Å². The van der Waals surface area contributed by atoms with Crippen LogP contribution < -0.4 is 14.8 Å². The number of nitrogens with one attached hydrogen (secondary N) is 1. The molecule has 0 aliphatic heterocycles. The second kappa shape index (κ2) is 8.90. The van der Waals surface area contributed by atoms with Gasteiger partial charge in [0.05, 0.1) is 7.11 Å². The van der Waals surface area contributed by atoms with Crippen molar-refractivity contribution in [2.45, 2.75) is 20.1 Å². The maximum Gasteiger partial charge on any atom is 0.251 e. The van der Waals surface area contributed by atoms with Gasteiger partial charge in [-0.05, 0) is 36.2 Å². The van der Waals surface area contributed by atoms with Crippen LogP contribution >= 0.6 is 0 Å². The third-order valence-electron chi connectivity index (χ3n) is 4.24. The smallest absolute Gasteiger partial charge is 0.251 e. The Morgan fingerprint density at radius 3 is 2.33 bits per heavy atom. The molecule has 0 atom stereocenters. The molecular weight excluding hydrogens is 338 g/mol. The second-order valence-corrected chi connectivity index (χ2v) is 6.31. The van der Waals surface area contributed by atoms with E-state index in [2.05, 4.69) is 5.32 Å². The van der Waals surface area contributed by atoms with Crippen LogP contribution in [0.25, 0.3) is 0 Å². The average Bonchev–Trinajstić information content (AvgIpc) is 2.72. The van der Waals surface area contributed by atoms with Gasteiger partial charge in [-0.25, -0.2) is 0 Å². The molecular formula is C23H23NO3. The van der Waals surface area contributed by atoms with Crippen molar-refractivity contribution in [1.29, 1.82) is 0 Å². The Bertz CT molecular complexity index is 889. The summed E-state index contributed by atoms with van der Waals surface area (Å²) in [5.41, 5.74) is 3.86. The van der Waals surface area contributed by atoms with Gasteiger partial charge < -0.3 is 14.8 Å². The molecule has 0 aliphatic rings. The Hall–Kier alpha value is -3.27. The predicted octanol–water partition coefficient (Wildman–Crippen LogP) is 4.51. The minimum Gasteiger partial charge on any atom is -0.493 e. The lowest BCUT2D eigenvalue weighted by Gasteiger charge is -2.12. The maximum atomic E-state index is 12.4. The molecule has 0 bridgehead atoms. The first-order valence-corrected chi connectivity index (χ1v) is 8.84. The van der Waals surface area contributed by atoms with Crippen molar-refractivity contribution in [3.8, 4) is 11.5 Å². The average molecular weight is 361 g/mol. The monoisotopic (exact) mass is 361 g/mol. The van der Waals surface area contributed by atoms with Crippen molar-refractivity contribution in [3.63, 3.8) is 0 Å². The summed E-state index contributed by atoms with van der Waals surface area (Å²) >= 11 is 0. The first kappa shape index (κ1) is 18.5. The van der Waals surface area contributed by atoms with Gasteiger partial charge in [0.2, 0.25) is 0 Å². The third kappa shape index (κ3) is 5.11. The molecule has 0 saturated heterocycles. The highest BCUT2D eigenvalue weighted by Crippen LogP contribution is 2.29. The number of rotatable bonds is 7. The number of carbonyl (C=O) groups excluding carboxylic acids is 1. The van der Waals surface area contributed by atoms with E-state index >= 15 is 0 Å². The standard InChI is InChI=1S/C23H23NO3/c1-17-8-10-18(11-9-17)15-24-23(25)20-12-13-21(22(14-20)26-2)27-16-19-6-4-3-5-7-19/h3-14H,15-16H2,1-2H3,(H,24,25). The lowest BCUT2D eigenvalue weighted by atomic mass is 10.1. The van der Waals surface area contributed by atoms with E-state index in [-0.39, 0.29) is 5.91 Å². The van der Waals surface area contributed by atoms with Crippen LogP contribution in [0.4, 0.5) is 0 Å². The fourth-order valence-electron chi connectivity index (χ4n) is 2.65. The molecule has 0 aromatic heterocycles. The molecule has 1 amide bonds. The Balaban J connectivity index is 1.63. The van der Waals surface area contributed by atoms with Crippen molar-refractivity contribution in [2.24, 2.45) is 0 Å². The quantitative estimate of drug-likeness (QED) is 0.673. The zero-order valence-corrected chi connectivity index (χ0v) is 15.6. The Morgan fingerprint density at radius 1 is 0.889 bits per heavy atom. The van der Waals surface area contributed by atoms with Crippen molar-refractivity contribution in [1.82, 2.24) is 5.32 Å². The lowest BCUT2D eigenvalue weighted by molar-refractivity contribution is 0.0950. The van der Waals surface area contributed by atoms with Gasteiger partial charge in [0.1, 0.15) is 6.61 Å². The van der Waals surface area contributed by atoms with Gasteiger partial charge in [0.25, 0.3) is 5.91 Å². The molecule has 1 N–H and O–H groups in total. The van der Waals surface area contributed by atoms with E-state index in [1.807, 2.05) is 61.5 Å². The summed E-state index contributed by atoms with van der Waals surface area (Å²) in [6.07, 6.45) is 0. The van der Waals surface area contributed by atoms with Crippen LogP contribution in [0.5, 0.6) is 11.5 Å².